The van der Waals surface area contributed by atoms with E-state index in [0.29, 0.717) is 38.5 Å². The minimum Gasteiger partial charge on any atom is -0.324 e. The van der Waals surface area contributed by atoms with Crippen LogP contribution >= 0.6 is 24.0 Å². The minimum atomic E-state index is -0.351. The lowest BCUT2D eigenvalue weighted by Crippen LogP contribution is -2.36. The second kappa shape index (κ2) is 11.6. The van der Waals surface area contributed by atoms with Crippen LogP contribution in [-0.4, -0.2) is 40.0 Å². The molecule has 2 aromatic carbocycles. The van der Waals surface area contributed by atoms with Crippen LogP contribution in [0.1, 0.15) is 56.2 Å². The zero-order valence-corrected chi connectivity index (χ0v) is 23.4. The summed E-state index contributed by atoms with van der Waals surface area (Å²) in [5.74, 6) is -0.503. The van der Waals surface area contributed by atoms with Gasteiger partial charge in [-0.25, -0.2) is 0 Å². The highest BCUT2D eigenvalue weighted by atomic mass is 32.2. The van der Waals surface area contributed by atoms with Gasteiger partial charge in [0.2, 0.25) is 5.91 Å². The number of thiocarbonyl (C=S) groups is 1. The van der Waals surface area contributed by atoms with Crippen LogP contribution in [0.3, 0.4) is 0 Å². The van der Waals surface area contributed by atoms with Crippen molar-refractivity contribution in [3.8, 4) is 0 Å². The van der Waals surface area contributed by atoms with Gasteiger partial charge < -0.3 is 5.32 Å². The van der Waals surface area contributed by atoms with Crippen molar-refractivity contribution in [1.82, 2.24) is 4.90 Å². The highest BCUT2D eigenvalue weighted by Gasteiger charge is 2.42. The van der Waals surface area contributed by atoms with Gasteiger partial charge >= 0.3 is 0 Å². The summed E-state index contributed by atoms with van der Waals surface area (Å²) in [5.41, 5.74) is 4.31. The third-order valence-electron chi connectivity index (χ3n) is 6.95. The van der Waals surface area contributed by atoms with Gasteiger partial charge in [-0.2, -0.15) is 0 Å². The van der Waals surface area contributed by atoms with E-state index < -0.39 is 0 Å². The number of hydrogen-bond acceptors (Lipinski definition) is 5. The number of rotatable bonds is 9. The summed E-state index contributed by atoms with van der Waals surface area (Å²) >= 11 is 6.78. The fraction of sp³-hybridized carbons (Fsp3) is 0.379. The molecule has 8 heteroatoms. The number of nitrogens with one attached hydrogen (secondary N) is 1. The van der Waals surface area contributed by atoms with Crippen LogP contribution in [0.15, 0.2) is 47.4 Å². The number of fused-ring (bicyclic) bond motifs is 1. The number of unbranched alkanes of at least 4 members (excludes halogenated alkanes) is 1. The second-order valence-corrected chi connectivity index (χ2v) is 11.3. The van der Waals surface area contributed by atoms with Crippen molar-refractivity contribution in [2.75, 3.05) is 23.3 Å². The zero-order chi connectivity index (χ0) is 26.7. The van der Waals surface area contributed by atoms with E-state index in [9.17, 15) is 14.4 Å². The molecule has 0 spiro atoms. The van der Waals surface area contributed by atoms with Crippen molar-refractivity contribution < 1.29 is 14.4 Å². The largest absolute Gasteiger partial charge is 0.324 e. The van der Waals surface area contributed by atoms with Crippen LogP contribution in [0.4, 0.5) is 11.4 Å². The Bertz CT molecular complexity index is 1290. The van der Waals surface area contributed by atoms with Gasteiger partial charge in [0.25, 0.3) is 11.8 Å². The van der Waals surface area contributed by atoms with Gasteiger partial charge in [0.05, 0.1) is 16.2 Å². The lowest BCUT2D eigenvalue weighted by atomic mass is 9.98. The average Bonchev–Trinajstić information content (AvgIpc) is 3.30. The normalized spacial score (nSPS) is 18.0. The van der Waals surface area contributed by atoms with Crippen molar-refractivity contribution in [3.05, 3.63) is 64.1 Å². The number of para-hydroxylation sites is 1. The van der Waals surface area contributed by atoms with Crippen LogP contribution < -0.4 is 10.2 Å². The van der Waals surface area contributed by atoms with Crippen LogP contribution in [0.5, 0.6) is 0 Å². The molecule has 1 atom stereocenters. The van der Waals surface area contributed by atoms with Gasteiger partial charge in [0.15, 0.2) is 0 Å². The van der Waals surface area contributed by atoms with Crippen molar-refractivity contribution in [1.29, 1.82) is 0 Å². The smallest absolute Gasteiger partial charge is 0.267 e. The Morgan fingerprint density at radius 3 is 2.54 bits per heavy atom. The number of nitrogens with zero attached hydrogens (tertiary/aromatic N) is 2. The third-order valence-corrected chi connectivity index (χ3v) is 8.40. The minimum absolute atomic E-state index is 0.151. The first-order chi connectivity index (χ1) is 17.7. The van der Waals surface area contributed by atoms with Crippen LogP contribution in [0.25, 0.3) is 5.57 Å². The number of benzene rings is 2. The van der Waals surface area contributed by atoms with Crippen molar-refractivity contribution in [2.24, 2.45) is 5.92 Å². The van der Waals surface area contributed by atoms with Gasteiger partial charge in [0, 0.05) is 17.8 Å². The maximum absolute atomic E-state index is 13.7. The molecule has 2 aromatic rings. The van der Waals surface area contributed by atoms with Gasteiger partial charge in [-0.1, -0.05) is 87.4 Å². The summed E-state index contributed by atoms with van der Waals surface area (Å²) in [7, 11) is 0. The fourth-order valence-electron chi connectivity index (χ4n) is 4.74. The lowest BCUT2D eigenvalue weighted by Gasteiger charge is -2.21. The van der Waals surface area contributed by atoms with Gasteiger partial charge in [-0.15, -0.1) is 0 Å². The van der Waals surface area contributed by atoms with Gasteiger partial charge in [-0.3, -0.25) is 24.2 Å². The Balaban J connectivity index is 1.60. The van der Waals surface area contributed by atoms with E-state index in [-0.39, 0.29) is 24.3 Å². The molecule has 1 saturated heterocycles. The monoisotopic (exact) mass is 535 g/mol. The number of aryl methyl sites for hydroxylation is 2. The van der Waals surface area contributed by atoms with Crippen LogP contribution in [0, 0.1) is 19.8 Å². The van der Waals surface area contributed by atoms with E-state index in [1.165, 1.54) is 16.7 Å². The first-order valence-corrected chi connectivity index (χ1v) is 14.0. The highest BCUT2D eigenvalue weighted by Crippen LogP contribution is 2.44. The van der Waals surface area contributed by atoms with Crippen LogP contribution in [-0.2, 0) is 14.4 Å². The predicted octanol–water partition coefficient (Wildman–Crippen LogP) is 6.08. The standard InChI is InChI=1S/C29H33N3O3S2/c1-5-7-10-20(6-2)16-32-28(35)26(37-29(32)36)25-21-11-8-9-12-23(21)31(27(25)34)17-24(33)30-22-15-18(3)13-14-19(22)4/h8-9,11-15,20H,5-7,10,16-17H2,1-4H3,(H,30,33). The number of amides is 3. The molecule has 0 radical (unpaired) electrons. The van der Waals surface area contributed by atoms with Gasteiger partial charge in [0.1, 0.15) is 10.9 Å². The Morgan fingerprint density at radius 1 is 1.05 bits per heavy atom. The molecule has 2 aliphatic rings. The van der Waals surface area contributed by atoms with Crippen LogP contribution in [0.2, 0.25) is 0 Å². The molecule has 2 heterocycles. The van der Waals surface area contributed by atoms with Crippen molar-refractivity contribution in [2.45, 2.75) is 53.4 Å². The molecule has 0 saturated carbocycles. The summed E-state index contributed by atoms with van der Waals surface area (Å²) in [6.45, 7) is 8.60. The molecule has 6 nitrogen and oxygen atoms in total. The zero-order valence-electron chi connectivity index (χ0n) is 21.8. The lowest BCUT2D eigenvalue weighted by molar-refractivity contribution is -0.123. The van der Waals surface area contributed by atoms with Crippen molar-refractivity contribution >= 4 is 63.0 Å². The first-order valence-electron chi connectivity index (χ1n) is 12.8. The fourth-order valence-corrected chi connectivity index (χ4v) is 6.09. The summed E-state index contributed by atoms with van der Waals surface area (Å²) in [6, 6.07) is 13.2. The molecule has 2 aliphatic heterocycles. The second-order valence-electron chi connectivity index (χ2n) is 9.68. The number of carbonyl (C=O) groups is 3. The number of thioether (sulfide) groups is 1. The summed E-state index contributed by atoms with van der Waals surface area (Å²) in [5, 5.41) is 2.93. The van der Waals surface area contributed by atoms with E-state index in [0.717, 1.165) is 42.5 Å². The third kappa shape index (κ3) is 5.65. The van der Waals surface area contributed by atoms with E-state index in [1.54, 1.807) is 4.90 Å². The summed E-state index contributed by atoms with van der Waals surface area (Å²) in [6.07, 6.45) is 4.23. The quantitative estimate of drug-likeness (QED) is 0.311. The molecular formula is C29H33N3O3S2. The molecule has 37 heavy (non-hydrogen) atoms. The molecule has 0 bridgehead atoms. The topological polar surface area (TPSA) is 69.7 Å². The molecule has 1 unspecified atom stereocenters. The Labute approximate surface area is 228 Å². The number of carbonyl (C=O) groups excluding carboxylic acids is 3. The molecule has 4 rings (SSSR count). The molecule has 3 amide bonds. The Kier molecular flexibility index (Phi) is 8.49. The van der Waals surface area contributed by atoms with E-state index in [4.69, 9.17) is 12.2 Å². The molecule has 0 aromatic heterocycles. The highest BCUT2D eigenvalue weighted by molar-refractivity contribution is 8.26. The molecular weight excluding hydrogens is 502 g/mol. The van der Waals surface area contributed by atoms with Crippen molar-refractivity contribution in [3.63, 3.8) is 0 Å². The van der Waals surface area contributed by atoms with E-state index in [2.05, 4.69) is 19.2 Å². The maximum Gasteiger partial charge on any atom is 0.267 e. The molecule has 1 N–H and O–H groups in total. The summed E-state index contributed by atoms with van der Waals surface area (Å²) in [4.78, 5) is 43.7. The SMILES string of the molecule is CCCCC(CC)CN1C(=O)C(=C2C(=O)N(CC(=O)Nc3cc(C)ccc3C)c3ccccc32)SC1=S. The Hall–Kier alpha value is -2.97. The van der Waals surface area contributed by atoms with E-state index in [1.807, 2.05) is 56.3 Å². The Morgan fingerprint density at radius 2 is 1.81 bits per heavy atom. The number of hydrogen-bond donors (Lipinski definition) is 1. The van der Waals surface area contributed by atoms with E-state index >= 15 is 0 Å². The molecule has 0 aliphatic carbocycles. The summed E-state index contributed by atoms with van der Waals surface area (Å²) < 4.78 is 0.485. The number of anilines is 2. The maximum atomic E-state index is 13.7. The first kappa shape index (κ1) is 27.1. The predicted molar refractivity (Wildman–Crippen MR) is 155 cm³/mol. The average molecular weight is 536 g/mol. The molecule has 194 valence electrons. The van der Waals surface area contributed by atoms with Gasteiger partial charge in [-0.05, 0) is 49.4 Å². The molecule has 1 fully saturated rings.